The van der Waals surface area contributed by atoms with Gasteiger partial charge in [-0.3, -0.25) is 10.1 Å². The minimum Gasteiger partial charge on any atom is -0.356 e. The third kappa shape index (κ3) is 2.95. The van der Waals surface area contributed by atoms with Crippen LogP contribution in [0.25, 0.3) is 0 Å². The summed E-state index contributed by atoms with van der Waals surface area (Å²) < 4.78 is 13.3. The molecule has 0 atom stereocenters. The Bertz CT molecular complexity index is 703. The SMILES string of the molecule is O=[N+]([O-])c1cc(Nc2cc(N3CCCC3)ncn2)ccc1F. The average molecular weight is 303 g/mol. The largest absolute Gasteiger partial charge is 0.356 e. The normalized spacial score (nSPS) is 14.1. The monoisotopic (exact) mass is 303 g/mol. The van der Waals surface area contributed by atoms with Crippen LogP contribution in [0.2, 0.25) is 0 Å². The van der Waals surface area contributed by atoms with Crippen molar-refractivity contribution in [2.75, 3.05) is 23.3 Å². The van der Waals surface area contributed by atoms with Crippen molar-refractivity contribution < 1.29 is 9.31 Å². The third-order valence-electron chi connectivity index (χ3n) is 3.50. The maximum absolute atomic E-state index is 13.3. The highest BCUT2D eigenvalue weighted by Gasteiger charge is 2.16. The van der Waals surface area contributed by atoms with E-state index in [0.717, 1.165) is 43.9 Å². The van der Waals surface area contributed by atoms with E-state index in [0.29, 0.717) is 11.5 Å². The molecule has 0 radical (unpaired) electrons. The molecule has 0 aliphatic carbocycles. The lowest BCUT2D eigenvalue weighted by Gasteiger charge is -2.16. The van der Waals surface area contributed by atoms with Crippen LogP contribution in [0.15, 0.2) is 30.6 Å². The molecule has 0 spiro atoms. The highest BCUT2D eigenvalue weighted by Crippen LogP contribution is 2.25. The Morgan fingerprint density at radius 2 is 2.00 bits per heavy atom. The fraction of sp³-hybridized carbons (Fsp3) is 0.286. The standard InChI is InChI=1S/C14H14FN5O2/c15-11-4-3-10(7-12(11)20(21)22)18-13-8-14(17-9-16-13)19-5-1-2-6-19/h3-4,7-9H,1-2,5-6H2,(H,16,17,18). The summed E-state index contributed by atoms with van der Waals surface area (Å²) in [6.07, 6.45) is 3.71. The number of hydrogen-bond donors (Lipinski definition) is 1. The smallest absolute Gasteiger partial charge is 0.306 e. The van der Waals surface area contributed by atoms with Crippen molar-refractivity contribution in [2.45, 2.75) is 12.8 Å². The van der Waals surface area contributed by atoms with Crippen molar-refractivity contribution in [1.82, 2.24) is 9.97 Å². The molecule has 1 saturated heterocycles. The molecule has 1 aromatic carbocycles. The number of benzene rings is 1. The summed E-state index contributed by atoms with van der Waals surface area (Å²) in [5, 5.41) is 13.7. The zero-order chi connectivity index (χ0) is 15.5. The molecule has 7 nitrogen and oxygen atoms in total. The van der Waals surface area contributed by atoms with Gasteiger partial charge in [-0.2, -0.15) is 4.39 Å². The Morgan fingerprint density at radius 3 is 2.73 bits per heavy atom. The zero-order valence-corrected chi connectivity index (χ0v) is 11.7. The molecule has 114 valence electrons. The maximum atomic E-state index is 13.3. The lowest BCUT2D eigenvalue weighted by Crippen LogP contribution is -2.19. The molecule has 3 rings (SSSR count). The molecule has 22 heavy (non-hydrogen) atoms. The van der Waals surface area contributed by atoms with E-state index in [4.69, 9.17) is 0 Å². The van der Waals surface area contributed by atoms with Gasteiger partial charge < -0.3 is 10.2 Å². The van der Waals surface area contributed by atoms with Gasteiger partial charge in [0.2, 0.25) is 5.82 Å². The molecule has 2 aromatic rings. The highest BCUT2D eigenvalue weighted by atomic mass is 19.1. The van der Waals surface area contributed by atoms with E-state index in [1.54, 1.807) is 6.07 Å². The molecule has 1 aliphatic heterocycles. The minimum atomic E-state index is -0.865. The maximum Gasteiger partial charge on any atom is 0.306 e. The highest BCUT2D eigenvalue weighted by molar-refractivity contribution is 5.62. The second-order valence-corrected chi connectivity index (χ2v) is 5.00. The molecule has 0 amide bonds. The number of aromatic nitrogens is 2. The zero-order valence-electron chi connectivity index (χ0n) is 11.7. The van der Waals surface area contributed by atoms with E-state index in [9.17, 15) is 14.5 Å². The van der Waals surface area contributed by atoms with Gasteiger partial charge in [-0.15, -0.1) is 0 Å². The third-order valence-corrected chi connectivity index (χ3v) is 3.50. The first kappa shape index (κ1) is 14.2. The van der Waals surface area contributed by atoms with Crippen LogP contribution in [0.5, 0.6) is 0 Å². The summed E-state index contributed by atoms with van der Waals surface area (Å²) in [5.41, 5.74) is -0.169. The summed E-state index contributed by atoms with van der Waals surface area (Å²) in [6, 6.07) is 5.41. The number of rotatable bonds is 4. The van der Waals surface area contributed by atoms with Crippen LogP contribution in [0.4, 0.5) is 27.4 Å². The second-order valence-electron chi connectivity index (χ2n) is 5.00. The molecule has 1 fully saturated rings. The lowest BCUT2D eigenvalue weighted by molar-refractivity contribution is -0.387. The van der Waals surface area contributed by atoms with Crippen molar-refractivity contribution in [3.63, 3.8) is 0 Å². The minimum absolute atomic E-state index is 0.402. The molecule has 0 unspecified atom stereocenters. The first-order chi connectivity index (χ1) is 10.6. The Morgan fingerprint density at radius 1 is 1.23 bits per heavy atom. The Hall–Kier alpha value is -2.77. The van der Waals surface area contributed by atoms with Crippen LogP contribution in [0.1, 0.15) is 12.8 Å². The van der Waals surface area contributed by atoms with Crippen LogP contribution in [-0.4, -0.2) is 28.0 Å². The summed E-state index contributed by atoms with van der Waals surface area (Å²) in [5.74, 6) is 0.459. The van der Waals surface area contributed by atoms with Crippen LogP contribution >= 0.6 is 0 Å². The van der Waals surface area contributed by atoms with E-state index in [1.807, 2.05) is 0 Å². The molecule has 0 bridgehead atoms. The molecule has 1 aromatic heterocycles. The Labute approximate surface area is 126 Å². The van der Waals surface area contributed by atoms with Gasteiger partial charge in [-0.25, -0.2) is 9.97 Å². The van der Waals surface area contributed by atoms with Gasteiger partial charge in [0.25, 0.3) is 0 Å². The number of nitrogens with one attached hydrogen (secondary N) is 1. The first-order valence-corrected chi connectivity index (χ1v) is 6.91. The molecular formula is C14H14FN5O2. The van der Waals surface area contributed by atoms with Gasteiger partial charge in [0, 0.05) is 30.9 Å². The van der Waals surface area contributed by atoms with Crippen molar-refractivity contribution in [2.24, 2.45) is 0 Å². The fourth-order valence-corrected chi connectivity index (χ4v) is 2.41. The predicted octanol–water partition coefficient (Wildman–Crippen LogP) is 2.87. The van der Waals surface area contributed by atoms with Gasteiger partial charge in [0.15, 0.2) is 0 Å². The van der Waals surface area contributed by atoms with E-state index >= 15 is 0 Å². The van der Waals surface area contributed by atoms with Gasteiger partial charge in [0.1, 0.15) is 18.0 Å². The van der Waals surface area contributed by atoms with E-state index in [-0.39, 0.29) is 0 Å². The van der Waals surface area contributed by atoms with Crippen molar-refractivity contribution in [3.05, 3.63) is 46.5 Å². The second kappa shape index (κ2) is 5.92. The lowest BCUT2D eigenvalue weighted by atomic mass is 10.2. The molecular weight excluding hydrogens is 289 g/mol. The molecule has 1 aliphatic rings. The first-order valence-electron chi connectivity index (χ1n) is 6.91. The number of nitro benzene ring substituents is 1. The number of hydrogen-bond acceptors (Lipinski definition) is 6. The summed E-state index contributed by atoms with van der Waals surface area (Å²) in [6.45, 7) is 1.91. The number of anilines is 3. The number of nitrogens with zero attached hydrogens (tertiary/aromatic N) is 4. The van der Waals surface area contributed by atoms with Gasteiger partial charge >= 0.3 is 5.69 Å². The summed E-state index contributed by atoms with van der Waals surface area (Å²) in [7, 11) is 0. The van der Waals surface area contributed by atoms with E-state index < -0.39 is 16.4 Å². The Balaban J connectivity index is 1.82. The molecule has 8 heteroatoms. The number of halogens is 1. The molecule has 2 heterocycles. The summed E-state index contributed by atoms with van der Waals surface area (Å²) >= 11 is 0. The van der Waals surface area contributed by atoms with Crippen molar-refractivity contribution >= 4 is 23.0 Å². The van der Waals surface area contributed by atoms with E-state index in [2.05, 4.69) is 20.2 Å². The predicted molar refractivity (Wildman–Crippen MR) is 79.8 cm³/mol. The van der Waals surface area contributed by atoms with Crippen LogP contribution < -0.4 is 10.2 Å². The number of nitro groups is 1. The topological polar surface area (TPSA) is 84.2 Å². The van der Waals surface area contributed by atoms with Gasteiger partial charge in [-0.1, -0.05) is 0 Å². The van der Waals surface area contributed by atoms with Gasteiger partial charge in [-0.05, 0) is 25.0 Å². The van der Waals surface area contributed by atoms with Crippen LogP contribution in [0.3, 0.4) is 0 Å². The fourth-order valence-electron chi connectivity index (χ4n) is 2.41. The average Bonchev–Trinajstić information content (AvgIpc) is 3.03. The van der Waals surface area contributed by atoms with Crippen molar-refractivity contribution in [1.29, 1.82) is 0 Å². The quantitative estimate of drug-likeness (QED) is 0.690. The van der Waals surface area contributed by atoms with Gasteiger partial charge in [0.05, 0.1) is 4.92 Å². The van der Waals surface area contributed by atoms with Crippen molar-refractivity contribution in [3.8, 4) is 0 Å². The van der Waals surface area contributed by atoms with E-state index in [1.165, 1.54) is 12.4 Å². The molecule has 0 saturated carbocycles. The van der Waals surface area contributed by atoms with Crippen LogP contribution in [-0.2, 0) is 0 Å². The Kier molecular flexibility index (Phi) is 3.82. The molecule has 1 N–H and O–H groups in total. The summed E-state index contributed by atoms with van der Waals surface area (Å²) in [4.78, 5) is 20.5. The van der Waals surface area contributed by atoms with Crippen LogP contribution in [0, 0.1) is 15.9 Å².